The SMILES string of the molecule is CC(C)Oc1c(N)cncc1Cl. The number of halogens is 1. The zero-order valence-corrected chi connectivity index (χ0v) is 7.80. The van der Waals surface area contributed by atoms with E-state index < -0.39 is 0 Å². The number of ether oxygens (including phenoxy) is 1. The summed E-state index contributed by atoms with van der Waals surface area (Å²) in [6.45, 7) is 3.83. The maximum atomic E-state index is 5.81. The number of nitrogens with zero attached hydrogens (tertiary/aromatic N) is 1. The Balaban J connectivity index is 2.96. The number of pyridine rings is 1. The molecule has 0 radical (unpaired) electrons. The Morgan fingerprint density at radius 1 is 1.50 bits per heavy atom. The van der Waals surface area contributed by atoms with Gasteiger partial charge in [-0.25, -0.2) is 0 Å². The molecule has 0 aliphatic heterocycles. The summed E-state index contributed by atoms with van der Waals surface area (Å²) in [5, 5.41) is 0.448. The average Bonchev–Trinajstić information content (AvgIpc) is 1.97. The molecule has 0 aromatic carbocycles. The van der Waals surface area contributed by atoms with Gasteiger partial charge in [0.1, 0.15) is 5.02 Å². The highest BCUT2D eigenvalue weighted by Crippen LogP contribution is 2.29. The molecule has 0 aliphatic carbocycles. The van der Waals surface area contributed by atoms with Crippen molar-refractivity contribution < 1.29 is 4.74 Å². The first-order valence-corrected chi connectivity index (χ1v) is 4.04. The maximum Gasteiger partial charge on any atom is 0.164 e. The highest BCUT2D eigenvalue weighted by Gasteiger charge is 2.07. The summed E-state index contributed by atoms with van der Waals surface area (Å²) in [6.07, 6.45) is 3.09. The minimum atomic E-state index is 0.0622. The number of aromatic nitrogens is 1. The molecule has 12 heavy (non-hydrogen) atoms. The van der Waals surface area contributed by atoms with Crippen LogP contribution in [0.1, 0.15) is 13.8 Å². The summed E-state index contributed by atoms with van der Waals surface area (Å²) >= 11 is 5.81. The fraction of sp³-hybridized carbons (Fsp3) is 0.375. The molecule has 0 spiro atoms. The van der Waals surface area contributed by atoms with Crippen LogP contribution in [0.4, 0.5) is 5.69 Å². The van der Waals surface area contributed by atoms with Crippen molar-refractivity contribution in [3.63, 3.8) is 0 Å². The Morgan fingerprint density at radius 2 is 2.17 bits per heavy atom. The van der Waals surface area contributed by atoms with Crippen LogP contribution in [0, 0.1) is 0 Å². The Hall–Kier alpha value is -0.960. The molecule has 3 nitrogen and oxygen atoms in total. The molecule has 66 valence electrons. The summed E-state index contributed by atoms with van der Waals surface area (Å²) in [5.41, 5.74) is 6.07. The minimum Gasteiger partial charge on any atom is -0.487 e. The second-order valence-corrected chi connectivity index (χ2v) is 3.11. The van der Waals surface area contributed by atoms with Crippen LogP contribution in [-0.4, -0.2) is 11.1 Å². The number of nitrogen functional groups attached to an aromatic ring is 1. The lowest BCUT2D eigenvalue weighted by Crippen LogP contribution is -2.08. The van der Waals surface area contributed by atoms with Gasteiger partial charge in [0.05, 0.1) is 18.0 Å². The van der Waals surface area contributed by atoms with Crippen molar-refractivity contribution in [3.05, 3.63) is 17.4 Å². The highest BCUT2D eigenvalue weighted by molar-refractivity contribution is 6.32. The lowest BCUT2D eigenvalue weighted by atomic mass is 10.4. The van der Waals surface area contributed by atoms with Crippen molar-refractivity contribution in [3.8, 4) is 5.75 Å². The van der Waals surface area contributed by atoms with E-state index in [0.29, 0.717) is 16.5 Å². The van der Waals surface area contributed by atoms with E-state index in [1.807, 2.05) is 13.8 Å². The molecule has 0 bridgehead atoms. The molecular weight excluding hydrogens is 176 g/mol. The second kappa shape index (κ2) is 3.63. The van der Waals surface area contributed by atoms with E-state index >= 15 is 0 Å². The van der Waals surface area contributed by atoms with Gasteiger partial charge in [-0.2, -0.15) is 0 Å². The molecule has 0 amide bonds. The Bertz CT molecular complexity index is 256. The summed E-state index contributed by atoms with van der Waals surface area (Å²) in [5.74, 6) is 0.515. The third-order valence-electron chi connectivity index (χ3n) is 1.23. The van der Waals surface area contributed by atoms with Crippen LogP contribution in [0.2, 0.25) is 5.02 Å². The zero-order chi connectivity index (χ0) is 9.14. The average molecular weight is 187 g/mol. The number of anilines is 1. The van der Waals surface area contributed by atoms with Gasteiger partial charge in [-0.15, -0.1) is 0 Å². The summed E-state index contributed by atoms with van der Waals surface area (Å²) in [4.78, 5) is 3.81. The normalized spacial score (nSPS) is 10.3. The maximum absolute atomic E-state index is 5.81. The van der Waals surface area contributed by atoms with Gasteiger partial charge < -0.3 is 10.5 Å². The molecule has 2 N–H and O–H groups in total. The molecule has 0 saturated carbocycles. The van der Waals surface area contributed by atoms with Crippen LogP contribution in [0.5, 0.6) is 5.75 Å². The molecule has 1 aromatic heterocycles. The lowest BCUT2D eigenvalue weighted by Gasteiger charge is -2.12. The van der Waals surface area contributed by atoms with Crippen LogP contribution >= 0.6 is 11.6 Å². The first kappa shape index (κ1) is 9.13. The van der Waals surface area contributed by atoms with Gasteiger partial charge in [-0.1, -0.05) is 11.6 Å². The van der Waals surface area contributed by atoms with Gasteiger partial charge >= 0.3 is 0 Å². The predicted molar refractivity (Wildman–Crippen MR) is 49.4 cm³/mol. The fourth-order valence-corrected chi connectivity index (χ4v) is 1.01. The van der Waals surface area contributed by atoms with Crippen LogP contribution < -0.4 is 10.5 Å². The van der Waals surface area contributed by atoms with E-state index in [1.54, 1.807) is 0 Å². The molecule has 0 aliphatic rings. The number of rotatable bonds is 2. The van der Waals surface area contributed by atoms with Gasteiger partial charge in [-0.05, 0) is 13.8 Å². The van der Waals surface area contributed by atoms with Crippen molar-refractivity contribution in [2.45, 2.75) is 20.0 Å². The molecule has 1 aromatic rings. The smallest absolute Gasteiger partial charge is 0.164 e. The Labute approximate surface area is 76.5 Å². The Morgan fingerprint density at radius 3 is 2.67 bits per heavy atom. The summed E-state index contributed by atoms with van der Waals surface area (Å²) < 4.78 is 5.38. The molecule has 0 fully saturated rings. The van der Waals surface area contributed by atoms with Gasteiger partial charge in [0.15, 0.2) is 5.75 Å². The van der Waals surface area contributed by atoms with Crippen molar-refractivity contribution in [1.82, 2.24) is 4.98 Å². The number of nitrogens with two attached hydrogens (primary N) is 1. The second-order valence-electron chi connectivity index (χ2n) is 2.71. The van der Waals surface area contributed by atoms with Crippen molar-refractivity contribution in [2.24, 2.45) is 0 Å². The van der Waals surface area contributed by atoms with Crippen molar-refractivity contribution in [2.75, 3.05) is 5.73 Å². The molecule has 0 unspecified atom stereocenters. The first-order chi connectivity index (χ1) is 5.61. The van der Waals surface area contributed by atoms with Crippen LogP contribution in [-0.2, 0) is 0 Å². The Kier molecular flexibility index (Phi) is 2.76. The van der Waals surface area contributed by atoms with Crippen LogP contribution in [0.15, 0.2) is 12.4 Å². The molecule has 1 heterocycles. The van der Waals surface area contributed by atoms with E-state index in [9.17, 15) is 0 Å². The van der Waals surface area contributed by atoms with E-state index in [0.717, 1.165) is 0 Å². The van der Waals surface area contributed by atoms with E-state index in [4.69, 9.17) is 22.1 Å². The van der Waals surface area contributed by atoms with Gasteiger partial charge in [0.25, 0.3) is 0 Å². The van der Waals surface area contributed by atoms with Crippen LogP contribution in [0.3, 0.4) is 0 Å². The van der Waals surface area contributed by atoms with Crippen molar-refractivity contribution >= 4 is 17.3 Å². The molecule has 1 rings (SSSR count). The van der Waals surface area contributed by atoms with E-state index in [1.165, 1.54) is 12.4 Å². The van der Waals surface area contributed by atoms with E-state index in [2.05, 4.69) is 4.98 Å². The third kappa shape index (κ3) is 2.01. The van der Waals surface area contributed by atoms with Gasteiger partial charge in [0.2, 0.25) is 0 Å². The molecule has 0 atom stereocenters. The predicted octanol–water partition coefficient (Wildman–Crippen LogP) is 2.10. The minimum absolute atomic E-state index is 0.0622. The number of hydrogen-bond acceptors (Lipinski definition) is 3. The standard InChI is InChI=1S/C8H11ClN2O/c1-5(2)12-8-6(9)3-11-4-7(8)10/h3-5H,10H2,1-2H3. The number of hydrogen-bond donors (Lipinski definition) is 1. The third-order valence-corrected chi connectivity index (χ3v) is 1.50. The molecular formula is C8H11ClN2O. The summed E-state index contributed by atoms with van der Waals surface area (Å²) in [6, 6.07) is 0. The first-order valence-electron chi connectivity index (χ1n) is 3.67. The van der Waals surface area contributed by atoms with Gasteiger partial charge in [-0.3, -0.25) is 4.98 Å². The summed E-state index contributed by atoms with van der Waals surface area (Å²) in [7, 11) is 0. The van der Waals surface area contributed by atoms with Crippen molar-refractivity contribution in [1.29, 1.82) is 0 Å². The zero-order valence-electron chi connectivity index (χ0n) is 7.04. The largest absolute Gasteiger partial charge is 0.487 e. The molecule has 4 heteroatoms. The molecule has 0 saturated heterocycles. The highest BCUT2D eigenvalue weighted by atomic mass is 35.5. The quantitative estimate of drug-likeness (QED) is 0.770. The van der Waals surface area contributed by atoms with E-state index in [-0.39, 0.29) is 6.10 Å². The topological polar surface area (TPSA) is 48.1 Å². The monoisotopic (exact) mass is 186 g/mol. The van der Waals surface area contributed by atoms with Gasteiger partial charge in [0, 0.05) is 6.20 Å². The fourth-order valence-electron chi connectivity index (χ4n) is 0.798. The van der Waals surface area contributed by atoms with Crippen LogP contribution in [0.25, 0.3) is 0 Å². The lowest BCUT2D eigenvalue weighted by molar-refractivity contribution is 0.244.